The zero-order valence-corrected chi connectivity index (χ0v) is 11.3. The fourth-order valence-electron chi connectivity index (χ4n) is 2.31. The molecule has 1 aliphatic heterocycles. The van der Waals surface area contributed by atoms with Gasteiger partial charge >= 0.3 is 0 Å². The molecule has 1 aliphatic rings. The van der Waals surface area contributed by atoms with Crippen molar-refractivity contribution in [2.24, 2.45) is 5.92 Å². The Morgan fingerprint density at radius 3 is 2.82 bits per heavy atom. The largest absolute Gasteiger partial charge is 0.368 e. The van der Waals surface area contributed by atoms with Crippen molar-refractivity contribution in [3.05, 3.63) is 11.8 Å². The lowest BCUT2D eigenvalue weighted by atomic mass is 9.99. The summed E-state index contributed by atoms with van der Waals surface area (Å²) in [6, 6.07) is 0. The molecule has 0 atom stereocenters. The molecule has 1 saturated heterocycles. The van der Waals surface area contributed by atoms with Crippen molar-refractivity contribution in [1.29, 1.82) is 0 Å². The third-order valence-electron chi connectivity index (χ3n) is 3.28. The van der Waals surface area contributed by atoms with Gasteiger partial charge in [0, 0.05) is 24.8 Å². The molecule has 0 saturated carbocycles. The Morgan fingerprint density at radius 1 is 1.47 bits per heavy atom. The quantitative estimate of drug-likeness (QED) is 0.891. The Morgan fingerprint density at radius 2 is 2.18 bits per heavy atom. The van der Waals surface area contributed by atoms with Crippen LogP contribution in [0.1, 0.15) is 18.4 Å². The van der Waals surface area contributed by atoms with Crippen LogP contribution in [-0.4, -0.2) is 35.1 Å². The molecular weight excluding hydrogens is 232 g/mol. The highest BCUT2D eigenvalue weighted by molar-refractivity contribution is 7.98. The van der Waals surface area contributed by atoms with Crippen LogP contribution in [0.15, 0.2) is 6.20 Å². The van der Waals surface area contributed by atoms with Gasteiger partial charge in [-0.05, 0) is 37.7 Å². The van der Waals surface area contributed by atoms with E-state index in [4.69, 9.17) is 5.73 Å². The van der Waals surface area contributed by atoms with Crippen LogP contribution in [-0.2, 0) is 0 Å². The van der Waals surface area contributed by atoms with Crippen LogP contribution in [0.5, 0.6) is 0 Å². The number of nitrogens with zero attached hydrogens (tertiary/aromatic N) is 3. The molecule has 1 aromatic rings. The Bertz CT molecular complexity index is 375. The maximum atomic E-state index is 5.66. The molecule has 0 aliphatic carbocycles. The average Bonchev–Trinajstić information content (AvgIpc) is 2.34. The number of aryl methyl sites for hydroxylation is 1. The highest BCUT2D eigenvalue weighted by Crippen LogP contribution is 2.25. The minimum absolute atomic E-state index is 0.372. The molecule has 0 bridgehead atoms. The van der Waals surface area contributed by atoms with E-state index in [1.54, 1.807) is 0 Å². The van der Waals surface area contributed by atoms with Crippen molar-refractivity contribution in [3.8, 4) is 0 Å². The molecule has 0 spiro atoms. The standard InChI is InChI=1S/C12H20N4S/c1-9-7-14-12(13)15-11(9)16-5-3-10(4-6-16)8-17-2/h7,10H,3-6,8H2,1-2H3,(H2,13,14,15). The van der Waals surface area contributed by atoms with E-state index in [9.17, 15) is 0 Å². The molecule has 94 valence electrons. The summed E-state index contributed by atoms with van der Waals surface area (Å²) in [6.45, 7) is 4.22. The van der Waals surface area contributed by atoms with Crippen molar-refractivity contribution >= 4 is 23.5 Å². The smallest absolute Gasteiger partial charge is 0.221 e. The summed E-state index contributed by atoms with van der Waals surface area (Å²) in [5.41, 5.74) is 6.77. The van der Waals surface area contributed by atoms with Gasteiger partial charge in [-0.15, -0.1) is 0 Å². The van der Waals surface area contributed by atoms with Gasteiger partial charge in [-0.1, -0.05) is 0 Å². The first kappa shape index (κ1) is 12.5. The number of nitrogen functional groups attached to an aromatic ring is 1. The first-order valence-electron chi connectivity index (χ1n) is 6.03. The van der Waals surface area contributed by atoms with E-state index in [0.717, 1.165) is 30.4 Å². The van der Waals surface area contributed by atoms with Crippen molar-refractivity contribution < 1.29 is 0 Å². The fourth-order valence-corrected chi connectivity index (χ4v) is 3.12. The van der Waals surface area contributed by atoms with Gasteiger partial charge in [-0.3, -0.25) is 0 Å². The van der Waals surface area contributed by atoms with Gasteiger partial charge in [0.25, 0.3) is 0 Å². The van der Waals surface area contributed by atoms with Crippen molar-refractivity contribution in [2.75, 3.05) is 35.7 Å². The monoisotopic (exact) mass is 252 g/mol. The first-order valence-corrected chi connectivity index (χ1v) is 7.43. The lowest BCUT2D eigenvalue weighted by Gasteiger charge is -2.33. The highest BCUT2D eigenvalue weighted by atomic mass is 32.2. The van der Waals surface area contributed by atoms with E-state index in [1.165, 1.54) is 18.6 Å². The van der Waals surface area contributed by atoms with Crippen LogP contribution in [0, 0.1) is 12.8 Å². The van der Waals surface area contributed by atoms with Gasteiger partial charge in [0.2, 0.25) is 5.95 Å². The number of anilines is 2. The van der Waals surface area contributed by atoms with E-state index in [2.05, 4.69) is 21.1 Å². The van der Waals surface area contributed by atoms with Crippen LogP contribution < -0.4 is 10.6 Å². The maximum Gasteiger partial charge on any atom is 0.221 e. The van der Waals surface area contributed by atoms with Gasteiger partial charge in [0.05, 0.1) is 0 Å². The van der Waals surface area contributed by atoms with Crippen LogP contribution in [0.25, 0.3) is 0 Å². The summed E-state index contributed by atoms with van der Waals surface area (Å²) < 4.78 is 0. The Hall–Kier alpha value is -0.970. The molecular formula is C12H20N4S. The summed E-state index contributed by atoms with van der Waals surface area (Å²) in [6.07, 6.45) is 6.50. The molecule has 0 amide bonds. The van der Waals surface area contributed by atoms with E-state index >= 15 is 0 Å². The molecule has 0 radical (unpaired) electrons. The van der Waals surface area contributed by atoms with E-state index in [1.807, 2.05) is 24.9 Å². The Kier molecular flexibility index (Phi) is 4.10. The summed E-state index contributed by atoms with van der Waals surface area (Å²) in [7, 11) is 0. The van der Waals surface area contributed by atoms with E-state index in [0.29, 0.717) is 5.95 Å². The number of rotatable bonds is 3. The molecule has 0 unspecified atom stereocenters. The summed E-state index contributed by atoms with van der Waals surface area (Å²) >= 11 is 1.95. The zero-order chi connectivity index (χ0) is 12.3. The minimum Gasteiger partial charge on any atom is -0.368 e. The number of piperidine rings is 1. The molecule has 17 heavy (non-hydrogen) atoms. The van der Waals surface area contributed by atoms with Gasteiger partial charge in [-0.25, -0.2) is 4.98 Å². The molecule has 1 fully saturated rings. The summed E-state index contributed by atoms with van der Waals surface area (Å²) in [5, 5.41) is 0. The molecule has 5 heteroatoms. The predicted molar refractivity (Wildman–Crippen MR) is 74.5 cm³/mol. The second-order valence-electron chi connectivity index (χ2n) is 4.62. The van der Waals surface area contributed by atoms with Crippen LogP contribution >= 0.6 is 11.8 Å². The average molecular weight is 252 g/mol. The van der Waals surface area contributed by atoms with Gasteiger partial charge in [0.1, 0.15) is 5.82 Å². The molecule has 2 heterocycles. The minimum atomic E-state index is 0.372. The number of hydrogen-bond donors (Lipinski definition) is 1. The van der Waals surface area contributed by atoms with Crippen LogP contribution in [0.2, 0.25) is 0 Å². The topological polar surface area (TPSA) is 55.0 Å². The lowest BCUT2D eigenvalue weighted by molar-refractivity contribution is 0.443. The molecule has 2 N–H and O–H groups in total. The lowest BCUT2D eigenvalue weighted by Crippen LogP contribution is -2.35. The zero-order valence-electron chi connectivity index (χ0n) is 10.5. The number of aromatic nitrogens is 2. The van der Waals surface area contributed by atoms with Crippen LogP contribution in [0.3, 0.4) is 0 Å². The normalized spacial score (nSPS) is 17.4. The third-order valence-corrected chi connectivity index (χ3v) is 4.08. The number of nitrogens with two attached hydrogens (primary N) is 1. The Balaban J connectivity index is 2.02. The number of thioether (sulfide) groups is 1. The Labute approximate surface area is 107 Å². The summed E-state index contributed by atoms with van der Waals surface area (Å²) in [5.74, 6) is 3.52. The van der Waals surface area contributed by atoms with Crippen molar-refractivity contribution in [2.45, 2.75) is 19.8 Å². The number of hydrogen-bond acceptors (Lipinski definition) is 5. The molecule has 2 rings (SSSR count). The summed E-state index contributed by atoms with van der Waals surface area (Å²) in [4.78, 5) is 10.7. The first-order chi connectivity index (χ1) is 8.20. The predicted octanol–water partition coefficient (Wildman–Crippen LogP) is 1.95. The third kappa shape index (κ3) is 3.03. The maximum absolute atomic E-state index is 5.66. The van der Waals surface area contributed by atoms with Crippen molar-refractivity contribution in [3.63, 3.8) is 0 Å². The SMILES string of the molecule is CSCC1CCN(c2nc(N)ncc2C)CC1. The molecule has 1 aromatic heterocycles. The van der Waals surface area contributed by atoms with Gasteiger partial charge < -0.3 is 10.6 Å². The molecule has 0 aromatic carbocycles. The van der Waals surface area contributed by atoms with E-state index in [-0.39, 0.29) is 0 Å². The molecule has 4 nitrogen and oxygen atoms in total. The fraction of sp³-hybridized carbons (Fsp3) is 0.667. The van der Waals surface area contributed by atoms with Crippen molar-refractivity contribution in [1.82, 2.24) is 9.97 Å². The van der Waals surface area contributed by atoms with E-state index < -0.39 is 0 Å². The second-order valence-corrected chi connectivity index (χ2v) is 5.53. The van der Waals surface area contributed by atoms with Gasteiger partial charge in [0.15, 0.2) is 0 Å². The highest BCUT2D eigenvalue weighted by Gasteiger charge is 2.21. The van der Waals surface area contributed by atoms with Gasteiger partial charge in [-0.2, -0.15) is 16.7 Å². The second kappa shape index (κ2) is 5.58. The van der Waals surface area contributed by atoms with Crippen LogP contribution in [0.4, 0.5) is 11.8 Å².